The summed E-state index contributed by atoms with van der Waals surface area (Å²) in [5, 5.41) is 11.3. The Morgan fingerprint density at radius 1 is 1.20 bits per heavy atom. The first-order valence-corrected chi connectivity index (χ1v) is 7.13. The third kappa shape index (κ3) is 2.95. The molecule has 108 valence electrons. The summed E-state index contributed by atoms with van der Waals surface area (Å²) in [5.74, 6) is 1.79. The maximum atomic E-state index is 4.68. The SMILES string of the molecule is CCCNc1nc(CCC)nc(-c2cnnn2C)c1C. The van der Waals surface area contributed by atoms with Crippen LogP contribution in [0.4, 0.5) is 5.82 Å². The molecular formula is C14H22N6. The molecule has 0 unspecified atom stereocenters. The van der Waals surface area contributed by atoms with E-state index in [-0.39, 0.29) is 0 Å². The summed E-state index contributed by atoms with van der Waals surface area (Å²) in [6.07, 6.45) is 4.71. The Balaban J connectivity index is 2.48. The van der Waals surface area contributed by atoms with Gasteiger partial charge in [0.1, 0.15) is 17.3 Å². The number of aryl methyl sites for hydroxylation is 2. The summed E-state index contributed by atoms with van der Waals surface area (Å²) in [6, 6.07) is 0. The number of nitrogens with one attached hydrogen (secondary N) is 1. The van der Waals surface area contributed by atoms with Gasteiger partial charge in [-0.05, 0) is 19.8 Å². The highest BCUT2D eigenvalue weighted by atomic mass is 15.4. The van der Waals surface area contributed by atoms with Crippen LogP contribution in [0.1, 0.15) is 38.1 Å². The van der Waals surface area contributed by atoms with E-state index < -0.39 is 0 Å². The van der Waals surface area contributed by atoms with Gasteiger partial charge in [0.15, 0.2) is 0 Å². The molecule has 2 heterocycles. The average Bonchev–Trinajstić information content (AvgIpc) is 2.85. The minimum absolute atomic E-state index is 0.868. The van der Waals surface area contributed by atoms with Crippen molar-refractivity contribution < 1.29 is 0 Å². The van der Waals surface area contributed by atoms with E-state index in [1.807, 2.05) is 14.0 Å². The molecule has 0 aromatic carbocycles. The quantitative estimate of drug-likeness (QED) is 0.875. The lowest BCUT2D eigenvalue weighted by molar-refractivity contribution is 0.717. The molecule has 0 amide bonds. The van der Waals surface area contributed by atoms with E-state index in [4.69, 9.17) is 0 Å². The van der Waals surface area contributed by atoms with Gasteiger partial charge in [0.25, 0.3) is 0 Å². The average molecular weight is 274 g/mol. The number of nitrogens with zero attached hydrogens (tertiary/aromatic N) is 5. The Labute approximate surface area is 119 Å². The molecule has 2 aromatic heterocycles. The lowest BCUT2D eigenvalue weighted by Gasteiger charge is -2.13. The smallest absolute Gasteiger partial charge is 0.133 e. The van der Waals surface area contributed by atoms with Crippen molar-refractivity contribution in [2.24, 2.45) is 7.05 Å². The molecule has 0 aliphatic heterocycles. The fourth-order valence-electron chi connectivity index (χ4n) is 2.07. The summed E-state index contributed by atoms with van der Waals surface area (Å²) in [6.45, 7) is 7.22. The Bertz CT molecular complexity index is 575. The summed E-state index contributed by atoms with van der Waals surface area (Å²) < 4.78 is 1.74. The van der Waals surface area contributed by atoms with Crippen molar-refractivity contribution in [3.8, 4) is 11.4 Å². The molecule has 0 fully saturated rings. The number of hydrogen-bond acceptors (Lipinski definition) is 5. The van der Waals surface area contributed by atoms with Gasteiger partial charge in [-0.2, -0.15) is 0 Å². The third-order valence-electron chi connectivity index (χ3n) is 3.17. The van der Waals surface area contributed by atoms with Crippen molar-refractivity contribution in [2.75, 3.05) is 11.9 Å². The second kappa shape index (κ2) is 6.45. The van der Waals surface area contributed by atoms with Gasteiger partial charge < -0.3 is 5.32 Å². The molecule has 0 saturated carbocycles. The van der Waals surface area contributed by atoms with Gasteiger partial charge in [-0.25, -0.2) is 14.6 Å². The van der Waals surface area contributed by atoms with Gasteiger partial charge in [0, 0.05) is 25.6 Å². The van der Waals surface area contributed by atoms with Crippen molar-refractivity contribution in [1.82, 2.24) is 25.0 Å². The van der Waals surface area contributed by atoms with Gasteiger partial charge in [0.2, 0.25) is 0 Å². The monoisotopic (exact) mass is 274 g/mol. The Morgan fingerprint density at radius 3 is 2.60 bits per heavy atom. The Hall–Kier alpha value is -1.98. The van der Waals surface area contributed by atoms with Gasteiger partial charge in [-0.15, -0.1) is 5.10 Å². The minimum Gasteiger partial charge on any atom is -0.370 e. The van der Waals surface area contributed by atoms with Crippen LogP contribution in [0.15, 0.2) is 6.20 Å². The molecule has 20 heavy (non-hydrogen) atoms. The molecule has 0 aliphatic rings. The van der Waals surface area contributed by atoms with E-state index in [9.17, 15) is 0 Å². The van der Waals surface area contributed by atoms with Crippen LogP contribution >= 0.6 is 0 Å². The zero-order chi connectivity index (χ0) is 14.5. The number of hydrogen-bond donors (Lipinski definition) is 1. The number of aromatic nitrogens is 5. The molecule has 0 saturated heterocycles. The molecule has 0 radical (unpaired) electrons. The van der Waals surface area contributed by atoms with Crippen molar-refractivity contribution in [2.45, 2.75) is 40.0 Å². The zero-order valence-corrected chi connectivity index (χ0v) is 12.6. The molecule has 6 heteroatoms. The first-order chi connectivity index (χ1) is 9.67. The van der Waals surface area contributed by atoms with Crippen LogP contribution in [-0.2, 0) is 13.5 Å². The fraction of sp³-hybridized carbons (Fsp3) is 0.571. The van der Waals surface area contributed by atoms with E-state index in [2.05, 4.69) is 39.4 Å². The molecule has 0 aliphatic carbocycles. The van der Waals surface area contributed by atoms with E-state index in [0.717, 1.165) is 54.4 Å². The minimum atomic E-state index is 0.868. The highest BCUT2D eigenvalue weighted by Crippen LogP contribution is 2.25. The lowest BCUT2D eigenvalue weighted by atomic mass is 10.1. The van der Waals surface area contributed by atoms with Crippen LogP contribution in [0.3, 0.4) is 0 Å². The fourth-order valence-corrected chi connectivity index (χ4v) is 2.07. The molecule has 2 aromatic rings. The maximum Gasteiger partial charge on any atom is 0.133 e. The molecule has 0 atom stereocenters. The normalized spacial score (nSPS) is 10.8. The van der Waals surface area contributed by atoms with Crippen molar-refractivity contribution in [3.05, 3.63) is 17.6 Å². The number of rotatable bonds is 6. The van der Waals surface area contributed by atoms with Crippen LogP contribution in [0.25, 0.3) is 11.4 Å². The van der Waals surface area contributed by atoms with Crippen LogP contribution < -0.4 is 5.32 Å². The van der Waals surface area contributed by atoms with Gasteiger partial charge in [-0.1, -0.05) is 19.1 Å². The van der Waals surface area contributed by atoms with Crippen LogP contribution in [0, 0.1) is 6.92 Å². The second-order valence-corrected chi connectivity index (χ2v) is 4.88. The lowest BCUT2D eigenvalue weighted by Crippen LogP contribution is -2.10. The van der Waals surface area contributed by atoms with Crippen molar-refractivity contribution in [1.29, 1.82) is 0 Å². The largest absolute Gasteiger partial charge is 0.370 e. The predicted molar refractivity (Wildman–Crippen MR) is 79.5 cm³/mol. The molecule has 6 nitrogen and oxygen atoms in total. The Kier molecular flexibility index (Phi) is 4.65. The summed E-state index contributed by atoms with van der Waals surface area (Å²) in [5.41, 5.74) is 2.88. The van der Waals surface area contributed by atoms with Gasteiger partial charge in [-0.3, -0.25) is 0 Å². The van der Waals surface area contributed by atoms with Crippen LogP contribution in [0.2, 0.25) is 0 Å². The zero-order valence-electron chi connectivity index (χ0n) is 12.6. The topological polar surface area (TPSA) is 68.5 Å². The summed E-state index contributed by atoms with van der Waals surface area (Å²) >= 11 is 0. The van der Waals surface area contributed by atoms with Crippen molar-refractivity contribution >= 4 is 5.82 Å². The first-order valence-electron chi connectivity index (χ1n) is 7.13. The van der Waals surface area contributed by atoms with E-state index >= 15 is 0 Å². The number of anilines is 1. The second-order valence-electron chi connectivity index (χ2n) is 4.88. The van der Waals surface area contributed by atoms with E-state index in [1.54, 1.807) is 10.9 Å². The highest BCUT2D eigenvalue weighted by molar-refractivity contribution is 5.64. The molecule has 0 bridgehead atoms. The first kappa shape index (κ1) is 14.4. The van der Waals surface area contributed by atoms with E-state index in [0.29, 0.717) is 0 Å². The molecule has 0 spiro atoms. The predicted octanol–water partition coefficient (Wildman–Crippen LogP) is 2.35. The molecule has 2 rings (SSSR count). The van der Waals surface area contributed by atoms with E-state index in [1.165, 1.54) is 0 Å². The third-order valence-corrected chi connectivity index (χ3v) is 3.17. The van der Waals surface area contributed by atoms with Crippen molar-refractivity contribution in [3.63, 3.8) is 0 Å². The summed E-state index contributed by atoms with van der Waals surface area (Å²) in [4.78, 5) is 9.31. The molecular weight excluding hydrogens is 252 g/mol. The van der Waals surface area contributed by atoms with Gasteiger partial charge >= 0.3 is 0 Å². The van der Waals surface area contributed by atoms with Crippen LogP contribution in [0.5, 0.6) is 0 Å². The van der Waals surface area contributed by atoms with Gasteiger partial charge in [0.05, 0.1) is 11.9 Å². The standard InChI is InChI=1S/C14H22N6/c1-5-7-12-17-13(11-9-16-19-20(11)4)10(3)14(18-12)15-8-6-2/h9H,5-8H2,1-4H3,(H,15,17,18). The van der Waals surface area contributed by atoms with Crippen LogP contribution in [-0.4, -0.2) is 31.5 Å². The highest BCUT2D eigenvalue weighted by Gasteiger charge is 2.15. The maximum absolute atomic E-state index is 4.68. The summed E-state index contributed by atoms with van der Waals surface area (Å²) in [7, 11) is 1.88. The molecule has 1 N–H and O–H groups in total. The Morgan fingerprint density at radius 2 is 2.00 bits per heavy atom.